The zero-order chi connectivity index (χ0) is 32.1. The Kier molecular flexibility index (Phi) is 18.1. The number of carbonyl (C=O) groups excluding carboxylic acids is 3. The Labute approximate surface area is 248 Å². The van der Waals surface area contributed by atoms with Crippen molar-refractivity contribution in [2.45, 2.75) is 130 Å². The minimum atomic E-state index is -0.987. The van der Waals surface area contributed by atoms with Crippen LogP contribution in [-0.4, -0.2) is 90.7 Å². The van der Waals surface area contributed by atoms with Crippen LogP contribution in [0.5, 0.6) is 0 Å². The number of aliphatic hydroxyl groups excluding tert-OH is 2. The van der Waals surface area contributed by atoms with Gasteiger partial charge in [0.1, 0.15) is 17.7 Å². The van der Waals surface area contributed by atoms with Crippen molar-refractivity contribution in [1.82, 2.24) is 4.90 Å². The second-order valence-electron chi connectivity index (χ2n) is 12.8. The molecule has 0 aromatic carbocycles. The molecular weight excluding hydrogens is 528 g/mol. The van der Waals surface area contributed by atoms with Gasteiger partial charge in [-0.25, -0.2) is 4.79 Å². The van der Waals surface area contributed by atoms with Crippen molar-refractivity contribution >= 4 is 18.2 Å². The summed E-state index contributed by atoms with van der Waals surface area (Å²) in [5.41, 5.74) is 4.27. The monoisotopic (exact) mass is 588 g/mol. The minimum absolute atomic E-state index is 0.0285. The van der Waals surface area contributed by atoms with Gasteiger partial charge in [-0.3, -0.25) is 4.79 Å². The lowest BCUT2D eigenvalue weighted by atomic mass is 9.78. The molecule has 41 heavy (non-hydrogen) atoms. The number of methoxy groups -OCH3 is 1. The summed E-state index contributed by atoms with van der Waals surface area (Å²) in [5.74, 6) is -0.625. The maximum absolute atomic E-state index is 13.0. The van der Waals surface area contributed by atoms with Crippen LogP contribution in [0.3, 0.4) is 0 Å². The lowest BCUT2D eigenvalue weighted by Crippen LogP contribution is -2.48. The number of nitrogens with zero attached hydrogens (tertiary/aromatic N) is 1. The molecule has 1 fully saturated rings. The fraction of sp³-hybridized carbons (Fsp3) is 0.903. The van der Waals surface area contributed by atoms with Crippen LogP contribution in [0.2, 0.25) is 0 Å². The number of ether oxygens (including phenoxy) is 3. The highest BCUT2D eigenvalue weighted by atomic mass is 16.6. The van der Waals surface area contributed by atoms with E-state index in [1.165, 1.54) is 0 Å². The first-order valence-electron chi connectivity index (χ1n) is 15.1. The number of Topliss-reactive ketones (excluding diaryl/α,β-unsaturated/α-hetero) is 1. The number of ketones is 1. The standard InChI is InChI=1S/C23H43NO6.C8H17NO2/c1-9-19(29-8)23(7,30-22(24)28)12-17(5)20(26)15(3)10-14(2)11-16(4)21(27)18(6)13-25;1-6-4-7(9(2)3)5-8(10)11-6/h13-19,21,27H,9-12H2,1-8H3,(H2,24,28);6-8,10H,4-5H2,1-3H3/t14?,15-,16?,17-,18?,19?,21?,23+;/m1./s1. The van der Waals surface area contributed by atoms with Crippen LogP contribution in [0, 0.1) is 29.6 Å². The molecule has 4 N–H and O–H groups in total. The summed E-state index contributed by atoms with van der Waals surface area (Å²) < 4.78 is 16.0. The molecule has 0 spiro atoms. The second-order valence-corrected chi connectivity index (χ2v) is 12.8. The Morgan fingerprint density at radius 3 is 2.15 bits per heavy atom. The maximum atomic E-state index is 13.0. The lowest BCUT2D eigenvalue weighted by Gasteiger charge is -2.37. The van der Waals surface area contributed by atoms with Crippen LogP contribution in [-0.2, 0) is 23.8 Å². The first-order valence-corrected chi connectivity index (χ1v) is 15.1. The van der Waals surface area contributed by atoms with Gasteiger partial charge in [-0.15, -0.1) is 0 Å². The first kappa shape index (κ1) is 39.4. The first-order chi connectivity index (χ1) is 18.9. The smallest absolute Gasteiger partial charge is 0.405 e. The van der Waals surface area contributed by atoms with Crippen LogP contribution in [0.15, 0.2) is 0 Å². The number of primary amides is 1. The van der Waals surface area contributed by atoms with Crippen molar-refractivity contribution in [3.8, 4) is 0 Å². The average Bonchev–Trinajstić information content (AvgIpc) is 2.86. The van der Waals surface area contributed by atoms with E-state index in [2.05, 4.69) is 11.8 Å². The fourth-order valence-electron chi connectivity index (χ4n) is 6.21. The highest BCUT2D eigenvalue weighted by molar-refractivity contribution is 5.83. The van der Waals surface area contributed by atoms with Crippen LogP contribution in [0.1, 0.15) is 93.9 Å². The number of hydrogen-bond donors (Lipinski definition) is 3. The van der Waals surface area contributed by atoms with Crippen molar-refractivity contribution in [2.75, 3.05) is 21.2 Å². The number of amides is 1. The number of hydrogen-bond acceptors (Lipinski definition) is 9. The van der Waals surface area contributed by atoms with E-state index >= 15 is 0 Å². The van der Waals surface area contributed by atoms with E-state index < -0.39 is 30.0 Å². The van der Waals surface area contributed by atoms with Crippen LogP contribution >= 0.6 is 0 Å². The molecule has 10 heteroatoms. The number of rotatable bonds is 16. The average molecular weight is 589 g/mol. The summed E-state index contributed by atoms with van der Waals surface area (Å²) in [6.07, 6.45) is 2.58. The van der Waals surface area contributed by atoms with Gasteiger partial charge in [0.15, 0.2) is 6.29 Å². The Balaban J connectivity index is 0.00000120. The van der Waals surface area contributed by atoms with Crippen molar-refractivity contribution in [2.24, 2.45) is 35.3 Å². The van der Waals surface area contributed by atoms with Crippen molar-refractivity contribution in [3.05, 3.63) is 0 Å². The Hall–Kier alpha value is -1.59. The second kappa shape index (κ2) is 18.8. The molecule has 1 aliphatic heterocycles. The minimum Gasteiger partial charge on any atom is -0.441 e. The van der Waals surface area contributed by atoms with Gasteiger partial charge in [0, 0.05) is 37.3 Å². The third-order valence-electron chi connectivity index (χ3n) is 8.42. The highest BCUT2D eigenvalue weighted by Crippen LogP contribution is 2.32. The molecule has 11 atom stereocenters. The van der Waals surface area contributed by atoms with Gasteiger partial charge in [0.25, 0.3) is 0 Å². The van der Waals surface area contributed by atoms with Gasteiger partial charge < -0.3 is 39.9 Å². The quantitative estimate of drug-likeness (QED) is 0.226. The van der Waals surface area contributed by atoms with E-state index in [0.717, 1.165) is 25.5 Å². The predicted octanol–water partition coefficient (Wildman–Crippen LogP) is 4.18. The molecule has 1 aliphatic rings. The van der Waals surface area contributed by atoms with E-state index in [9.17, 15) is 24.6 Å². The number of carbonyl (C=O) groups is 3. The van der Waals surface area contributed by atoms with Gasteiger partial charge in [0.2, 0.25) is 0 Å². The molecule has 0 aromatic heterocycles. The normalized spacial score (nSPS) is 25.8. The topological polar surface area (TPSA) is 149 Å². The lowest BCUT2D eigenvalue weighted by molar-refractivity contribution is -0.172. The fourth-order valence-corrected chi connectivity index (χ4v) is 6.21. The molecular formula is C31H60N2O8. The molecule has 0 aliphatic carbocycles. The molecule has 0 radical (unpaired) electrons. The van der Waals surface area contributed by atoms with Crippen molar-refractivity contribution in [3.63, 3.8) is 0 Å². The largest absolute Gasteiger partial charge is 0.441 e. The maximum Gasteiger partial charge on any atom is 0.405 e. The Bertz CT molecular complexity index is 767. The van der Waals surface area contributed by atoms with E-state index in [4.69, 9.17) is 19.9 Å². The van der Waals surface area contributed by atoms with Crippen molar-refractivity contribution < 1.29 is 38.8 Å². The zero-order valence-corrected chi connectivity index (χ0v) is 27.5. The summed E-state index contributed by atoms with van der Waals surface area (Å²) >= 11 is 0. The zero-order valence-electron chi connectivity index (χ0n) is 27.5. The van der Waals surface area contributed by atoms with Gasteiger partial charge >= 0.3 is 6.09 Å². The molecule has 1 rings (SSSR count). The molecule has 0 bridgehead atoms. The van der Waals surface area contributed by atoms with Crippen LogP contribution < -0.4 is 5.73 Å². The van der Waals surface area contributed by atoms with E-state index in [1.807, 2.05) is 48.7 Å². The summed E-state index contributed by atoms with van der Waals surface area (Å²) in [5, 5.41) is 19.5. The molecule has 1 amide bonds. The van der Waals surface area contributed by atoms with Crippen LogP contribution in [0.25, 0.3) is 0 Å². The predicted molar refractivity (Wildman–Crippen MR) is 160 cm³/mol. The molecule has 242 valence electrons. The number of aldehydes is 1. The molecule has 10 nitrogen and oxygen atoms in total. The van der Waals surface area contributed by atoms with Crippen molar-refractivity contribution in [1.29, 1.82) is 0 Å². The SMILES string of the molecule is CC1CC(N(C)C)CC(O)O1.CCC(OC)[C@](C)(C[C@@H](C)C(=O)[C@H](C)CC(C)CC(C)C(O)C(C)C=O)OC(N)=O. The van der Waals surface area contributed by atoms with E-state index in [-0.39, 0.29) is 41.7 Å². The van der Waals surface area contributed by atoms with Gasteiger partial charge in [-0.2, -0.15) is 0 Å². The van der Waals surface area contributed by atoms with E-state index in [0.29, 0.717) is 25.3 Å². The third-order valence-corrected chi connectivity index (χ3v) is 8.42. The van der Waals surface area contributed by atoms with Gasteiger partial charge in [0.05, 0.1) is 18.3 Å². The van der Waals surface area contributed by atoms with Gasteiger partial charge in [-0.1, -0.05) is 41.5 Å². The van der Waals surface area contributed by atoms with E-state index in [1.54, 1.807) is 21.0 Å². The Morgan fingerprint density at radius 1 is 1.12 bits per heavy atom. The highest BCUT2D eigenvalue weighted by Gasteiger charge is 2.40. The summed E-state index contributed by atoms with van der Waals surface area (Å²) in [6.45, 7) is 15.1. The molecule has 1 heterocycles. The molecule has 0 aromatic rings. The summed E-state index contributed by atoms with van der Waals surface area (Å²) in [4.78, 5) is 37.5. The summed E-state index contributed by atoms with van der Waals surface area (Å²) in [7, 11) is 5.62. The summed E-state index contributed by atoms with van der Waals surface area (Å²) in [6, 6.07) is 0.466. The molecule has 8 unspecified atom stereocenters. The number of aliphatic hydroxyl groups is 2. The van der Waals surface area contributed by atoms with Gasteiger partial charge in [-0.05, 0) is 71.9 Å². The van der Waals surface area contributed by atoms with Crippen LogP contribution in [0.4, 0.5) is 4.79 Å². The Morgan fingerprint density at radius 2 is 1.71 bits per heavy atom. The molecule has 0 saturated carbocycles. The number of nitrogens with two attached hydrogens (primary N) is 1. The third kappa shape index (κ3) is 14.0. The molecule has 1 saturated heterocycles.